The number of thiophene rings is 1. The Morgan fingerprint density at radius 1 is 1.33 bits per heavy atom. The molecule has 1 aromatic heterocycles. The van der Waals surface area contributed by atoms with Gasteiger partial charge in [0.05, 0.1) is 6.04 Å². The van der Waals surface area contributed by atoms with Gasteiger partial charge in [-0.3, -0.25) is 4.79 Å². The molecule has 2 rings (SSSR count). The van der Waals surface area contributed by atoms with Gasteiger partial charge >= 0.3 is 0 Å². The van der Waals surface area contributed by atoms with E-state index in [1.165, 1.54) is 4.88 Å². The predicted molar refractivity (Wildman–Crippen MR) is 90.2 cm³/mol. The van der Waals surface area contributed by atoms with Crippen LogP contribution in [-0.2, 0) is 0 Å². The van der Waals surface area contributed by atoms with Gasteiger partial charge in [0.25, 0.3) is 5.91 Å². The minimum atomic E-state index is -0.0181. The largest absolute Gasteiger partial charge is 0.385 e. The first-order valence-corrected chi connectivity index (χ1v) is 8.18. The molecule has 1 unspecified atom stereocenters. The second-order valence-electron chi connectivity index (χ2n) is 5.17. The third-order valence-corrected chi connectivity index (χ3v) is 4.42. The van der Waals surface area contributed by atoms with Gasteiger partial charge in [-0.15, -0.1) is 11.3 Å². The molecule has 0 aliphatic rings. The van der Waals surface area contributed by atoms with E-state index in [0.29, 0.717) is 0 Å². The summed E-state index contributed by atoms with van der Waals surface area (Å²) in [6.45, 7) is 7.06. The van der Waals surface area contributed by atoms with Crippen molar-refractivity contribution in [2.75, 3.05) is 11.9 Å². The predicted octanol–water partition coefficient (Wildman–Crippen LogP) is 4.37. The quantitative estimate of drug-likeness (QED) is 0.832. The van der Waals surface area contributed by atoms with Gasteiger partial charge in [-0.2, -0.15) is 0 Å². The van der Waals surface area contributed by atoms with Gasteiger partial charge in [-0.05, 0) is 55.5 Å². The molecular weight excluding hydrogens is 280 g/mol. The fourth-order valence-electron chi connectivity index (χ4n) is 2.18. The van der Waals surface area contributed by atoms with E-state index in [0.717, 1.165) is 29.8 Å². The smallest absolute Gasteiger partial charge is 0.252 e. The highest BCUT2D eigenvalue weighted by Gasteiger charge is 2.14. The molecule has 0 bridgehead atoms. The molecule has 1 amide bonds. The summed E-state index contributed by atoms with van der Waals surface area (Å²) in [5, 5.41) is 8.41. The van der Waals surface area contributed by atoms with Crippen LogP contribution in [0.2, 0.25) is 0 Å². The SMILES string of the molecule is CCCNc1ccc(C(=O)NC(C)c2cccs2)c(C)c1. The van der Waals surface area contributed by atoms with E-state index in [-0.39, 0.29) is 11.9 Å². The van der Waals surface area contributed by atoms with Crippen molar-refractivity contribution in [1.82, 2.24) is 5.32 Å². The Balaban J connectivity index is 2.05. The highest BCUT2D eigenvalue weighted by atomic mass is 32.1. The molecule has 2 N–H and O–H groups in total. The fraction of sp³-hybridized carbons (Fsp3) is 0.353. The van der Waals surface area contributed by atoms with Crippen LogP contribution in [0.25, 0.3) is 0 Å². The monoisotopic (exact) mass is 302 g/mol. The van der Waals surface area contributed by atoms with Crippen molar-refractivity contribution in [2.24, 2.45) is 0 Å². The summed E-state index contributed by atoms with van der Waals surface area (Å²) in [5.74, 6) is -0.0181. The Hall–Kier alpha value is -1.81. The van der Waals surface area contributed by atoms with Crippen molar-refractivity contribution in [2.45, 2.75) is 33.2 Å². The second-order valence-corrected chi connectivity index (χ2v) is 6.15. The summed E-state index contributed by atoms with van der Waals surface area (Å²) < 4.78 is 0. The fourth-order valence-corrected chi connectivity index (χ4v) is 2.92. The average molecular weight is 302 g/mol. The highest BCUT2D eigenvalue weighted by Crippen LogP contribution is 2.20. The standard InChI is InChI=1S/C17H22N2OS/c1-4-9-18-14-7-8-15(12(2)11-14)17(20)19-13(3)16-6-5-10-21-16/h5-8,10-11,13,18H,4,9H2,1-3H3,(H,19,20). The second kappa shape index (κ2) is 7.27. The lowest BCUT2D eigenvalue weighted by molar-refractivity contribution is 0.0940. The van der Waals surface area contributed by atoms with Crippen LogP contribution in [0.3, 0.4) is 0 Å². The Morgan fingerprint density at radius 2 is 2.14 bits per heavy atom. The van der Waals surface area contributed by atoms with Crippen LogP contribution in [0, 0.1) is 6.92 Å². The van der Waals surface area contributed by atoms with Gasteiger partial charge in [0.15, 0.2) is 0 Å². The van der Waals surface area contributed by atoms with Crippen LogP contribution in [0.1, 0.15) is 47.1 Å². The molecule has 2 aromatic rings. The first kappa shape index (κ1) is 15.6. The van der Waals surface area contributed by atoms with Crippen molar-refractivity contribution in [3.63, 3.8) is 0 Å². The van der Waals surface area contributed by atoms with E-state index >= 15 is 0 Å². The van der Waals surface area contributed by atoms with E-state index in [9.17, 15) is 4.79 Å². The number of nitrogens with one attached hydrogen (secondary N) is 2. The van der Waals surface area contributed by atoms with E-state index in [2.05, 4.69) is 17.6 Å². The summed E-state index contributed by atoms with van der Waals surface area (Å²) in [6, 6.07) is 9.97. The van der Waals surface area contributed by atoms with Gasteiger partial charge in [-0.1, -0.05) is 13.0 Å². The molecule has 0 fully saturated rings. The zero-order valence-corrected chi connectivity index (χ0v) is 13.6. The van der Waals surface area contributed by atoms with E-state index < -0.39 is 0 Å². The van der Waals surface area contributed by atoms with Crippen molar-refractivity contribution in [3.05, 3.63) is 51.7 Å². The third-order valence-electron chi connectivity index (χ3n) is 3.37. The number of amides is 1. The zero-order chi connectivity index (χ0) is 15.2. The first-order valence-electron chi connectivity index (χ1n) is 7.30. The summed E-state index contributed by atoms with van der Waals surface area (Å²) in [7, 11) is 0. The Morgan fingerprint density at radius 3 is 2.76 bits per heavy atom. The van der Waals surface area contributed by atoms with E-state index in [1.807, 2.05) is 49.6 Å². The normalized spacial score (nSPS) is 12.0. The summed E-state index contributed by atoms with van der Waals surface area (Å²) in [6.07, 6.45) is 1.08. The lowest BCUT2D eigenvalue weighted by atomic mass is 10.1. The van der Waals surface area contributed by atoms with Crippen LogP contribution in [-0.4, -0.2) is 12.5 Å². The maximum absolute atomic E-state index is 12.4. The Kier molecular flexibility index (Phi) is 5.39. The van der Waals surface area contributed by atoms with E-state index in [1.54, 1.807) is 11.3 Å². The maximum atomic E-state index is 12.4. The number of hydrogen-bond acceptors (Lipinski definition) is 3. The lowest BCUT2D eigenvalue weighted by Gasteiger charge is -2.14. The highest BCUT2D eigenvalue weighted by molar-refractivity contribution is 7.10. The van der Waals surface area contributed by atoms with Crippen LogP contribution in [0.4, 0.5) is 5.69 Å². The lowest BCUT2D eigenvalue weighted by Crippen LogP contribution is -2.26. The number of carbonyl (C=O) groups is 1. The van der Waals surface area contributed by atoms with Crippen molar-refractivity contribution in [3.8, 4) is 0 Å². The van der Waals surface area contributed by atoms with E-state index in [4.69, 9.17) is 0 Å². The number of hydrogen-bond donors (Lipinski definition) is 2. The van der Waals surface area contributed by atoms with Gasteiger partial charge < -0.3 is 10.6 Å². The van der Waals surface area contributed by atoms with Gasteiger partial charge in [-0.25, -0.2) is 0 Å². The number of carbonyl (C=O) groups excluding carboxylic acids is 1. The number of rotatable bonds is 6. The molecule has 0 radical (unpaired) electrons. The van der Waals surface area contributed by atoms with Gasteiger partial charge in [0, 0.05) is 22.7 Å². The molecule has 1 heterocycles. The summed E-state index contributed by atoms with van der Waals surface area (Å²) in [4.78, 5) is 13.5. The van der Waals surface area contributed by atoms with Crippen LogP contribution >= 0.6 is 11.3 Å². The molecule has 0 aliphatic heterocycles. The molecule has 21 heavy (non-hydrogen) atoms. The molecule has 0 saturated heterocycles. The minimum Gasteiger partial charge on any atom is -0.385 e. The molecule has 0 saturated carbocycles. The number of anilines is 1. The molecule has 3 nitrogen and oxygen atoms in total. The van der Waals surface area contributed by atoms with Crippen molar-refractivity contribution >= 4 is 22.9 Å². The van der Waals surface area contributed by atoms with Crippen molar-refractivity contribution < 1.29 is 4.79 Å². The first-order chi connectivity index (χ1) is 10.1. The van der Waals surface area contributed by atoms with Crippen LogP contribution in [0.15, 0.2) is 35.7 Å². The molecule has 4 heteroatoms. The average Bonchev–Trinajstić information content (AvgIpc) is 2.99. The third kappa shape index (κ3) is 4.08. The molecule has 1 aromatic carbocycles. The molecular formula is C17H22N2OS. The Bertz CT molecular complexity index is 593. The summed E-state index contributed by atoms with van der Waals surface area (Å²) >= 11 is 1.66. The molecule has 0 aliphatic carbocycles. The maximum Gasteiger partial charge on any atom is 0.252 e. The van der Waals surface area contributed by atoms with Gasteiger partial charge in [0.1, 0.15) is 0 Å². The summed E-state index contributed by atoms with van der Waals surface area (Å²) in [5.41, 5.74) is 2.80. The minimum absolute atomic E-state index is 0.0181. The molecule has 1 atom stereocenters. The van der Waals surface area contributed by atoms with Gasteiger partial charge in [0.2, 0.25) is 0 Å². The van der Waals surface area contributed by atoms with Crippen LogP contribution in [0.5, 0.6) is 0 Å². The number of benzene rings is 1. The molecule has 112 valence electrons. The van der Waals surface area contributed by atoms with Crippen LogP contribution < -0.4 is 10.6 Å². The topological polar surface area (TPSA) is 41.1 Å². The number of aryl methyl sites for hydroxylation is 1. The zero-order valence-electron chi connectivity index (χ0n) is 12.8. The Labute approximate surface area is 130 Å². The molecule has 0 spiro atoms. The van der Waals surface area contributed by atoms with Crippen molar-refractivity contribution in [1.29, 1.82) is 0 Å².